The summed E-state index contributed by atoms with van der Waals surface area (Å²) < 4.78 is 36.3. The summed E-state index contributed by atoms with van der Waals surface area (Å²) in [6, 6.07) is 24.4. The molecule has 0 radical (unpaired) electrons. The summed E-state index contributed by atoms with van der Waals surface area (Å²) in [5.41, 5.74) is 0.828. The standard InChI is InChI=1S/C31H26NO9P/c1-38-31(36)26(16-20-8-4-2-5-9-20)32-42(37,40-23-10-6-3-7-11-23)41-24-17-27(34)29-28(18-24)39-19-25(30(29)35)21-12-14-22(33)15-13-21/h2-15,17-19,26,33-34H,16H2,1H3,(H,32,37)/t26-,42?/m0/s1. The van der Waals surface area contributed by atoms with Crippen LogP contribution in [0.5, 0.6) is 23.0 Å². The molecule has 0 saturated carbocycles. The minimum Gasteiger partial charge on any atom is -0.508 e. The van der Waals surface area contributed by atoms with Crippen molar-refractivity contribution in [2.45, 2.75) is 12.5 Å². The monoisotopic (exact) mass is 587 g/mol. The highest BCUT2D eigenvalue weighted by molar-refractivity contribution is 7.52. The van der Waals surface area contributed by atoms with Crippen molar-refractivity contribution in [1.29, 1.82) is 0 Å². The van der Waals surface area contributed by atoms with Crippen molar-refractivity contribution in [3.63, 3.8) is 0 Å². The molecule has 0 aliphatic carbocycles. The number of rotatable bonds is 10. The van der Waals surface area contributed by atoms with Gasteiger partial charge in [-0.05, 0) is 41.8 Å². The van der Waals surface area contributed by atoms with Crippen molar-refractivity contribution in [2.75, 3.05) is 7.11 Å². The lowest BCUT2D eigenvalue weighted by atomic mass is 10.0. The van der Waals surface area contributed by atoms with Crippen LogP contribution in [0.25, 0.3) is 22.1 Å². The van der Waals surface area contributed by atoms with Gasteiger partial charge in [-0.3, -0.25) is 9.59 Å². The van der Waals surface area contributed by atoms with Crippen LogP contribution in [-0.2, 0) is 20.5 Å². The predicted octanol–water partition coefficient (Wildman–Crippen LogP) is 5.81. The summed E-state index contributed by atoms with van der Waals surface area (Å²) in [7, 11) is -3.19. The summed E-state index contributed by atoms with van der Waals surface area (Å²) >= 11 is 0. The second kappa shape index (κ2) is 12.2. The molecule has 11 heteroatoms. The Morgan fingerprint density at radius 3 is 2.21 bits per heavy atom. The van der Waals surface area contributed by atoms with Crippen LogP contribution in [0.4, 0.5) is 0 Å². The van der Waals surface area contributed by atoms with Gasteiger partial charge in [0.25, 0.3) is 0 Å². The number of carbonyl (C=O) groups is 1. The minimum absolute atomic E-state index is 0.0301. The maximum Gasteiger partial charge on any atom is 0.513 e. The smallest absolute Gasteiger partial charge is 0.508 e. The van der Waals surface area contributed by atoms with E-state index in [2.05, 4.69) is 5.09 Å². The van der Waals surface area contributed by atoms with E-state index in [4.69, 9.17) is 18.2 Å². The molecular weight excluding hydrogens is 561 g/mol. The molecule has 5 rings (SSSR count). The minimum atomic E-state index is -4.40. The van der Waals surface area contributed by atoms with E-state index in [9.17, 15) is 24.4 Å². The molecule has 0 spiro atoms. The molecule has 1 aromatic heterocycles. The van der Waals surface area contributed by atoms with Gasteiger partial charge in [-0.2, -0.15) is 5.09 Å². The van der Waals surface area contributed by atoms with E-state index >= 15 is 0 Å². The fourth-order valence-corrected chi connectivity index (χ4v) is 5.80. The molecule has 4 aromatic carbocycles. The average molecular weight is 588 g/mol. The normalized spacial score (nSPS) is 13.2. The van der Waals surface area contributed by atoms with Gasteiger partial charge in [0.05, 0.1) is 12.7 Å². The third kappa shape index (κ3) is 6.46. The Morgan fingerprint density at radius 2 is 1.55 bits per heavy atom. The lowest BCUT2D eigenvalue weighted by molar-refractivity contribution is -0.142. The second-order valence-corrected chi connectivity index (χ2v) is 10.8. The molecule has 3 N–H and O–H groups in total. The molecule has 1 heterocycles. The van der Waals surface area contributed by atoms with Gasteiger partial charge in [0.1, 0.15) is 46.3 Å². The first kappa shape index (κ1) is 28.5. The Bertz CT molecular complexity index is 1810. The topological polar surface area (TPSA) is 145 Å². The van der Waals surface area contributed by atoms with Crippen LogP contribution in [0.3, 0.4) is 0 Å². The second-order valence-electron chi connectivity index (χ2n) is 9.23. The van der Waals surface area contributed by atoms with Crippen LogP contribution in [0, 0.1) is 0 Å². The number of ether oxygens (including phenoxy) is 1. The summed E-state index contributed by atoms with van der Waals surface area (Å²) in [5.74, 6) is -1.13. The number of benzene rings is 4. The Kier molecular flexibility index (Phi) is 8.28. The van der Waals surface area contributed by atoms with Gasteiger partial charge in [-0.25, -0.2) is 4.57 Å². The molecule has 42 heavy (non-hydrogen) atoms. The van der Waals surface area contributed by atoms with Crippen LogP contribution in [0.2, 0.25) is 0 Å². The summed E-state index contributed by atoms with van der Waals surface area (Å²) in [5, 5.41) is 22.9. The number of fused-ring (bicyclic) bond motifs is 1. The number of hydrogen-bond acceptors (Lipinski definition) is 9. The maximum atomic E-state index is 14.2. The molecule has 0 aliphatic heterocycles. The summed E-state index contributed by atoms with van der Waals surface area (Å²) in [4.78, 5) is 25.9. The highest BCUT2D eigenvalue weighted by Crippen LogP contribution is 2.47. The van der Waals surface area contributed by atoms with Gasteiger partial charge in [-0.1, -0.05) is 60.7 Å². The number of para-hydroxylation sites is 1. The molecule has 2 atom stereocenters. The first-order chi connectivity index (χ1) is 20.2. The molecule has 1 unspecified atom stereocenters. The van der Waals surface area contributed by atoms with Crippen molar-refractivity contribution in [3.8, 4) is 34.1 Å². The predicted molar refractivity (Wildman–Crippen MR) is 156 cm³/mol. The van der Waals surface area contributed by atoms with E-state index in [1.54, 1.807) is 54.6 Å². The summed E-state index contributed by atoms with van der Waals surface area (Å²) in [6.45, 7) is 0. The highest BCUT2D eigenvalue weighted by atomic mass is 31.2. The molecule has 0 amide bonds. The SMILES string of the molecule is COC(=O)[C@H](Cc1ccccc1)NP(=O)(Oc1ccccc1)Oc1cc(O)c2c(=O)c(-c3ccc(O)cc3)coc2c1. The Labute approximate surface area is 240 Å². The Hall–Kier alpha value is -5.05. The summed E-state index contributed by atoms with van der Waals surface area (Å²) in [6.07, 6.45) is 1.32. The van der Waals surface area contributed by atoms with E-state index in [0.717, 1.165) is 11.6 Å². The number of aromatic hydroxyl groups is 2. The van der Waals surface area contributed by atoms with Crippen LogP contribution in [0.1, 0.15) is 5.56 Å². The molecule has 214 valence electrons. The van der Waals surface area contributed by atoms with Gasteiger partial charge in [0.15, 0.2) is 0 Å². The zero-order chi connectivity index (χ0) is 29.7. The van der Waals surface area contributed by atoms with E-state index in [-0.39, 0.29) is 40.2 Å². The molecule has 10 nitrogen and oxygen atoms in total. The van der Waals surface area contributed by atoms with Gasteiger partial charge in [-0.15, -0.1) is 0 Å². The Morgan fingerprint density at radius 1 is 0.905 bits per heavy atom. The molecule has 0 bridgehead atoms. The highest BCUT2D eigenvalue weighted by Gasteiger charge is 2.36. The number of carbonyl (C=O) groups excluding carboxylic acids is 1. The van der Waals surface area contributed by atoms with Gasteiger partial charge in [0.2, 0.25) is 5.43 Å². The molecular formula is C31H26NO9P. The third-order valence-electron chi connectivity index (χ3n) is 6.29. The lowest BCUT2D eigenvalue weighted by Gasteiger charge is -2.24. The molecule has 0 saturated heterocycles. The fraction of sp³-hybridized carbons (Fsp3) is 0.0968. The van der Waals surface area contributed by atoms with Crippen molar-refractivity contribution in [2.24, 2.45) is 0 Å². The number of nitrogens with one attached hydrogen (secondary N) is 1. The fourth-order valence-electron chi connectivity index (χ4n) is 4.30. The first-order valence-electron chi connectivity index (χ1n) is 12.8. The van der Waals surface area contributed by atoms with E-state index < -0.39 is 30.9 Å². The number of phenols is 2. The average Bonchev–Trinajstić information content (AvgIpc) is 2.98. The van der Waals surface area contributed by atoms with Crippen LogP contribution >= 0.6 is 7.75 Å². The van der Waals surface area contributed by atoms with Gasteiger partial charge >= 0.3 is 13.7 Å². The maximum absolute atomic E-state index is 14.2. The molecule has 0 aliphatic rings. The van der Waals surface area contributed by atoms with E-state index in [1.165, 1.54) is 43.7 Å². The number of hydrogen-bond donors (Lipinski definition) is 3. The molecule has 5 aromatic rings. The quantitative estimate of drug-likeness (QED) is 0.135. The van der Waals surface area contributed by atoms with E-state index in [1.807, 2.05) is 6.07 Å². The number of phenolic OH excluding ortho intramolecular Hbond substituents is 2. The third-order valence-corrected chi connectivity index (χ3v) is 7.82. The lowest BCUT2D eigenvalue weighted by Crippen LogP contribution is -2.39. The van der Waals surface area contributed by atoms with Crippen LogP contribution in [-0.4, -0.2) is 29.3 Å². The zero-order valence-electron chi connectivity index (χ0n) is 22.3. The van der Waals surface area contributed by atoms with Gasteiger partial charge < -0.3 is 28.4 Å². The van der Waals surface area contributed by atoms with E-state index in [0.29, 0.717) is 5.56 Å². The molecule has 0 fully saturated rings. The van der Waals surface area contributed by atoms with Gasteiger partial charge in [0, 0.05) is 12.1 Å². The van der Waals surface area contributed by atoms with Crippen molar-refractivity contribution < 1.29 is 37.8 Å². The zero-order valence-corrected chi connectivity index (χ0v) is 23.2. The van der Waals surface area contributed by atoms with Crippen LogP contribution < -0.4 is 19.6 Å². The van der Waals surface area contributed by atoms with Crippen LogP contribution in [0.15, 0.2) is 113 Å². The van der Waals surface area contributed by atoms with Crippen molar-refractivity contribution in [3.05, 3.63) is 119 Å². The van der Waals surface area contributed by atoms with Crippen molar-refractivity contribution in [1.82, 2.24) is 5.09 Å². The number of methoxy groups -OCH3 is 1. The largest absolute Gasteiger partial charge is 0.513 e. The number of esters is 1. The Balaban J connectivity index is 1.51. The first-order valence-corrected chi connectivity index (χ1v) is 14.3. The van der Waals surface area contributed by atoms with Crippen molar-refractivity contribution >= 4 is 24.7 Å².